The fraction of sp³-hybridized carbons (Fsp3) is 0.778. The number of aromatic nitrogens is 1. The number of piperidine rings is 1. The summed E-state index contributed by atoms with van der Waals surface area (Å²) in [5.74, 6) is 0.901. The highest BCUT2D eigenvalue weighted by Gasteiger charge is 2.27. The van der Waals surface area contributed by atoms with Crippen molar-refractivity contribution >= 4 is 17.3 Å². The van der Waals surface area contributed by atoms with Gasteiger partial charge in [-0.3, -0.25) is 9.89 Å². The molecule has 0 amide bonds. The van der Waals surface area contributed by atoms with Gasteiger partial charge in [-0.05, 0) is 39.2 Å². The molecule has 2 fully saturated rings. The molecule has 24 heavy (non-hydrogen) atoms. The van der Waals surface area contributed by atoms with Crippen LogP contribution in [0.1, 0.15) is 54.8 Å². The van der Waals surface area contributed by atoms with Crippen LogP contribution in [0.5, 0.6) is 0 Å². The zero-order chi connectivity index (χ0) is 16.8. The Hall–Kier alpha value is -1.14. The van der Waals surface area contributed by atoms with Crippen LogP contribution in [0.3, 0.4) is 0 Å². The Balaban J connectivity index is 1.47. The minimum absolute atomic E-state index is 0.505. The molecule has 3 rings (SSSR count). The number of hydrogen-bond acceptors (Lipinski definition) is 4. The molecule has 0 spiro atoms. The van der Waals surface area contributed by atoms with Crippen LogP contribution in [0.25, 0.3) is 0 Å². The zero-order valence-corrected chi connectivity index (χ0v) is 15.9. The summed E-state index contributed by atoms with van der Waals surface area (Å²) >= 11 is 1.74. The Kier molecular flexibility index (Phi) is 6.49. The monoisotopic (exact) mass is 349 g/mol. The van der Waals surface area contributed by atoms with E-state index in [9.17, 15) is 0 Å². The van der Waals surface area contributed by atoms with Crippen molar-refractivity contribution in [1.82, 2.24) is 20.5 Å². The molecule has 1 saturated heterocycles. The van der Waals surface area contributed by atoms with Gasteiger partial charge in [-0.1, -0.05) is 19.3 Å². The van der Waals surface area contributed by atoms with Gasteiger partial charge in [0.1, 0.15) is 5.01 Å². The third-order valence-corrected chi connectivity index (χ3v) is 6.10. The highest BCUT2D eigenvalue weighted by molar-refractivity contribution is 7.11. The molecule has 1 aliphatic carbocycles. The molecule has 1 aromatic heterocycles. The van der Waals surface area contributed by atoms with E-state index in [0.29, 0.717) is 6.04 Å². The average Bonchev–Trinajstić information content (AvgIpc) is 3.05. The Morgan fingerprint density at radius 1 is 1.29 bits per heavy atom. The summed E-state index contributed by atoms with van der Waals surface area (Å²) in [6.45, 7) is 5.27. The topological polar surface area (TPSA) is 52.6 Å². The van der Waals surface area contributed by atoms with Gasteiger partial charge in [0.2, 0.25) is 0 Å². The fourth-order valence-electron chi connectivity index (χ4n) is 3.93. The number of rotatable bonds is 4. The minimum Gasteiger partial charge on any atom is -0.352 e. The van der Waals surface area contributed by atoms with Gasteiger partial charge >= 0.3 is 0 Å². The van der Waals surface area contributed by atoms with Crippen LogP contribution < -0.4 is 10.6 Å². The summed E-state index contributed by atoms with van der Waals surface area (Å²) in [5.41, 5.74) is 0. The Bertz CT molecular complexity index is 535. The number of guanidine groups is 1. The first-order valence-electron chi connectivity index (χ1n) is 9.37. The van der Waals surface area contributed by atoms with E-state index in [4.69, 9.17) is 0 Å². The van der Waals surface area contributed by atoms with Gasteiger partial charge in [-0.25, -0.2) is 4.98 Å². The van der Waals surface area contributed by atoms with Gasteiger partial charge in [0, 0.05) is 36.8 Å². The van der Waals surface area contributed by atoms with Gasteiger partial charge in [0.15, 0.2) is 5.96 Å². The minimum atomic E-state index is 0.505. The average molecular weight is 350 g/mol. The summed E-state index contributed by atoms with van der Waals surface area (Å²) in [5, 5.41) is 8.15. The molecular weight excluding hydrogens is 318 g/mol. The molecule has 0 radical (unpaired) electrons. The van der Waals surface area contributed by atoms with Crippen molar-refractivity contribution in [2.45, 2.75) is 70.5 Å². The summed E-state index contributed by atoms with van der Waals surface area (Å²) in [6, 6.07) is 1.32. The van der Waals surface area contributed by atoms with Gasteiger partial charge in [0.05, 0.1) is 6.54 Å². The van der Waals surface area contributed by atoms with Crippen molar-refractivity contribution in [1.29, 1.82) is 0 Å². The maximum absolute atomic E-state index is 4.41. The summed E-state index contributed by atoms with van der Waals surface area (Å²) in [7, 11) is 1.85. The van der Waals surface area contributed by atoms with Crippen LogP contribution >= 0.6 is 11.3 Å². The van der Waals surface area contributed by atoms with E-state index in [1.54, 1.807) is 11.3 Å². The molecule has 1 unspecified atom stereocenters. The highest BCUT2D eigenvalue weighted by Crippen LogP contribution is 2.25. The van der Waals surface area contributed by atoms with E-state index in [1.165, 1.54) is 56.4 Å². The third kappa shape index (κ3) is 4.93. The Morgan fingerprint density at radius 2 is 2.12 bits per heavy atom. The number of thiazole rings is 1. The van der Waals surface area contributed by atoms with Gasteiger partial charge in [-0.2, -0.15) is 0 Å². The smallest absolute Gasteiger partial charge is 0.191 e. The van der Waals surface area contributed by atoms with Crippen molar-refractivity contribution in [3.63, 3.8) is 0 Å². The molecule has 0 bridgehead atoms. The van der Waals surface area contributed by atoms with Crippen LogP contribution in [-0.2, 0) is 6.54 Å². The summed E-state index contributed by atoms with van der Waals surface area (Å²) in [4.78, 5) is 12.8. The third-order valence-electron chi connectivity index (χ3n) is 5.18. The molecule has 1 aliphatic heterocycles. The first-order valence-corrected chi connectivity index (χ1v) is 10.2. The maximum atomic E-state index is 4.41. The fourth-order valence-corrected chi connectivity index (χ4v) is 4.66. The number of nitrogens with zero attached hydrogens (tertiary/aromatic N) is 3. The second-order valence-electron chi connectivity index (χ2n) is 7.06. The molecule has 0 aromatic carbocycles. The lowest BCUT2D eigenvalue weighted by Gasteiger charge is -2.40. The van der Waals surface area contributed by atoms with Crippen LogP contribution in [0, 0.1) is 6.92 Å². The lowest BCUT2D eigenvalue weighted by atomic mass is 9.92. The van der Waals surface area contributed by atoms with Gasteiger partial charge in [0.25, 0.3) is 0 Å². The Morgan fingerprint density at radius 3 is 2.83 bits per heavy atom. The number of likely N-dealkylation sites (tertiary alicyclic amines) is 1. The van der Waals surface area contributed by atoms with E-state index in [2.05, 4.69) is 32.4 Å². The molecule has 1 saturated carbocycles. The molecule has 5 nitrogen and oxygen atoms in total. The van der Waals surface area contributed by atoms with Crippen molar-refractivity contribution in [2.75, 3.05) is 20.1 Å². The molecule has 1 atom stereocenters. The zero-order valence-electron chi connectivity index (χ0n) is 15.1. The molecule has 2 N–H and O–H groups in total. The van der Waals surface area contributed by atoms with Crippen molar-refractivity contribution in [3.8, 4) is 0 Å². The highest BCUT2D eigenvalue weighted by atomic mass is 32.1. The maximum Gasteiger partial charge on any atom is 0.191 e. The van der Waals surface area contributed by atoms with E-state index < -0.39 is 0 Å². The van der Waals surface area contributed by atoms with Crippen molar-refractivity contribution < 1.29 is 0 Å². The van der Waals surface area contributed by atoms with E-state index in [1.807, 2.05) is 13.2 Å². The predicted molar refractivity (Wildman–Crippen MR) is 102 cm³/mol. The van der Waals surface area contributed by atoms with Gasteiger partial charge < -0.3 is 10.6 Å². The molecular formula is C18H31N5S. The normalized spacial score (nSPS) is 24.1. The molecule has 2 heterocycles. The first kappa shape index (κ1) is 17.7. The van der Waals surface area contributed by atoms with Crippen molar-refractivity contribution in [2.24, 2.45) is 4.99 Å². The van der Waals surface area contributed by atoms with E-state index in [-0.39, 0.29) is 0 Å². The van der Waals surface area contributed by atoms with Crippen LogP contribution in [0.15, 0.2) is 11.2 Å². The number of aliphatic imine (C=N–C) groups is 1. The first-order chi connectivity index (χ1) is 11.7. The largest absolute Gasteiger partial charge is 0.352 e. The van der Waals surface area contributed by atoms with Crippen molar-refractivity contribution in [3.05, 3.63) is 16.1 Å². The lowest BCUT2D eigenvalue weighted by Crippen LogP contribution is -2.53. The number of nitrogens with one attached hydrogen (secondary N) is 2. The summed E-state index contributed by atoms with van der Waals surface area (Å²) in [6.07, 6.45) is 11.5. The summed E-state index contributed by atoms with van der Waals surface area (Å²) < 4.78 is 0. The second kappa shape index (κ2) is 8.81. The van der Waals surface area contributed by atoms with Crippen LogP contribution in [-0.4, -0.2) is 48.1 Å². The lowest BCUT2D eigenvalue weighted by molar-refractivity contribution is 0.115. The van der Waals surface area contributed by atoms with Crippen LogP contribution in [0.2, 0.25) is 0 Å². The quantitative estimate of drug-likeness (QED) is 0.648. The standard InChI is InChI=1S/C18H31N5S/c1-14-11-20-17(24-14)12-21-18(19-2)22-15-7-6-10-23(13-15)16-8-4-3-5-9-16/h11,15-16H,3-10,12-13H2,1-2H3,(H2,19,21,22). The molecule has 134 valence electrons. The predicted octanol–water partition coefficient (Wildman–Crippen LogP) is 2.91. The van der Waals surface area contributed by atoms with E-state index >= 15 is 0 Å². The molecule has 6 heteroatoms. The Labute approximate surface area is 150 Å². The number of hydrogen-bond donors (Lipinski definition) is 2. The van der Waals surface area contributed by atoms with Crippen LogP contribution in [0.4, 0.5) is 0 Å². The molecule has 1 aromatic rings. The van der Waals surface area contributed by atoms with E-state index in [0.717, 1.165) is 30.1 Å². The number of aryl methyl sites for hydroxylation is 1. The van der Waals surface area contributed by atoms with Gasteiger partial charge in [-0.15, -0.1) is 11.3 Å². The SMILES string of the molecule is CN=C(NCc1ncc(C)s1)NC1CCCN(C2CCCCC2)C1. The second-order valence-corrected chi connectivity index (χ2v) is 8.38. The molecule has 2 aliphatic rings.